The summed E-state index contributed by atoms with van der Waals surface area (Å²) in [7, 11) is 0. The standard InChI is InChI=1S/2C23H22N2O3/c2*1-17(2)14-27-16-23(26)28-15-18-11-21(19-3-7-24-8-4-19)13-22(12-18)20-5-9-25-10-6-20/h2*3-13H,1,14-16H2,2H3. The zero-order valence-electron chi connectivity index (χ0n) is 31.6. The minimum Gasteiger partial charge on any atom is -0.459 e. The molecule has 0 saturated heterocycles. The van der Waals surface area contributed by atoms with E-state index in [1.807, 2.05) is 86.6 Å². The van der Waals surface area contributed by atoms with E-state index in [0.717, 1.165) is 66.8 Å². The fourth-order valence-corrected chi connectivity index (χ4v) is 5.42. The highest BCUT2D eigenvalue weighted by atomic mass is 16.6. The van der Waals surface area contributed by atoms with Crippen molar-refractivity contribution in [1.29, 1.82) is 0 Å². The number of rotatable bonds is 16. The van der Waals surface area contributed by atoms with E-state index in [9.17, 15) is 9.59 Å². The largest absolute Gasteiger partial charge is 0.459 e. The molecule has 0 saturated carbocycles. The quantitative estimate of drug-likeness (QED) is 0.0701. The molecule has 0 unspecified atom stereocenters. The van der Waals surface area contributed by atoms with Crippen molar-refractivity contribution in [1.82, 2.24) is 19.9 Å². The van der Waals surface area contributed by atoms with Gasteiger partial charge in [-0.1, -0.05) is 24.3 Å². The highest BCUT2D eigenvalue weighted by Gasteiger charge is 2.11. The van der Waals surface area contributed by atoms with Gasteiger partial charge in [-0.25, -0.2) is 9.59 Å². The van der Waals surface area contributed by atoms with Gasteiger partial charge in [-0.2, -0.15) is 0 Å². The number of carbonyl (C=O) groups is 2. The molecule has 0 aliphatic heterocycles. The number of hydrogen-bond acceptors (Lipinski definition) is 10. The van der Waals surface area contributed by atoms with Gasteiger partial charge in [0, 0.05) is 49.6 Å². The van der Waals surface area contributed by atoms with E-state index in [1.54, 1.807) is 49.6 Å². The Balaban J connectivity index is 0.000000214. The molecule has 4 heterocycles. The molecule has 0 radical (unpaired) electrons. The molecule has 4 aromatic heterocycles. The van der Waals surface area contributed by atoms with Crippen molar-refractivity contribution in [3.63, 3.8) is 0 Å². The molecule has 0 fully saturated rings. The van der Waals surface area contributed by atoms with E-state index in [-0.39, 0.29) is 26.4 Å². The number of pyridine rings is 4. The molecule has 0 aliphatic rings. The second-order valence-electron chi connectivity index (χ2n) is 13.0. The number of carbonyl (C=O) groups excluding carboxylic acids is 2. The number of esters is 2. The third-order valence-electron chi connectivity index (χ3n) is 7.98. The van der Waals surface area contributed by atoms with Crippen LogP contribution in [0.25, 0.3) is 44.5 Å². The van der Waals surface area contributed by atoms with Crippen LogP contribution in [0.4, 0.5) is 0 Å². The first kappa shape index (κ1) is 40.6. The van der Waals surface area contributed by atoms with Crippen LogP contribution in [0.2, 0.25) is 0 Å². The molecule has 0 N–H and O–H groups in total. The summed E-state index contributed by atoms with van der Waals surface area (Å²) in [6.07, 6.45) is 14.1. The molecular weight excluding hydrogens is 705 g/mol. The van der Waals surface area contributed by atoms with Gasteiger partial charge in [0.05, 0.1) is 13.2 Å². The van der Waals surface area contributed by atoms with E-state index in [4.69, 9.17) is 18.9 Å². The highest BCUT2D eigenvalue weighted by molar-refractivity contribution is 5.76. The van der Waals surface area contributed by atoms with E-state index < -0.39 is 11.9 Å². The molecule has 0 aliphatic carbocycles. The molecule has 10 nitrogen and oxygen atoms in total. The third-order valence-corrected chi connectivity index (χ3v) is 7.98. The van der Waals surface area contributed by atoms with Gasteiger partial charge in [-0.3, -0.25) is 19.9 Å². The first-order valence-electron chi connectivity index (χ1n) is 17.9. The first-order valence-corrected chi connectivity index (χ1v) is 17.9. The van der Waals surface area contributed by atoms with Crippen molar-refractivity contribution >= 4 is 11.9 Å². The maximum Gasteiger partial charge on any atom is 0.332 e. The first-order chi connectivity index (χ1) is 27.2. The van der Waals surface area contributed by atoms with Gasteiger partial charge in [0.15, 0.2) is 0 Å². The summed E-state index contributed by atoms with van der Waals surface area (Å²) in [6.45, 7) is 12.0. The van der Waals surface area contributed by atoms with Gasteiger partial charge >= 0.3 is 11.9 Å². The maximum absolute atomic E-state index is 11.9. The topological polar surface area (TPSA) is 123 Å². The fraction of sp³-hybridized carbons (Fsp3) is 0.174. The molecule has 6 aromatic rings. The Kier molecular flexibility index (Phi) is 15.4. The second kappa shape index (κ2) is 21.3. The number of nitrogens with zero attached hydrogens (tertiary/aromatic N) is 4. The molecule has 284 valence electrons. The Labute approximate surface area is 327 Å². The van der Waals surface area contributed by atoms with Gasteiger partial charge < -0.3 is 18.9 Å². The lowest BCUT2D eigenvalue weighted by atomic mass is 9.97. The van der Waals surface area contributed by atoms with Crippen molar-refractivity contribution in [3.05, 3.63) is 170 Å². The van der Waals surface area contributed by atoms with Crippen LogP contribution in [-0.4, -0.2) is 58.3 Å². The summed E-state index contributed by atoms with van der Waals surface area (Å²) in [4.78, 5) is 40.1. The normalized spacial score (nSPS) is 10.5. The van der Waals surface area contributed by atoms with Gasteiger partial charge in [0.2, 0.25) is 0 Å². The predicted octanol–water partition coefficient (Wildman–Crippen LogP) is 8.89. The van der Waals surface area contributed by atoms with Crippen LogP contribution in [0.5, 0.6) is 0 Å². The summed E-state index contributed by atoms with van der Waals surface area (Å²) in [5.74, 6) is -0.804. The maximum atomic E-state index is 11.9. The molecular formula is C46H44N4O6. The molecule has 56 heavy (non-hydrogen) atoms. The molecule has 0 amide bonds. The van der Waals surface area contributed by atoms with Crippen LogP contribution in [-0.2, 0) is 41.8 Å². The fourth-order valence-electron chi connectivity index (χ4n) is 5.42. The minimum absolute atomic E-state index is 0.0892. The number of aromatic nitrogens is 4. The van der Waals surface area contributed by atoms with Crippen molar-refractivity contribution in [2.75, 3.05) is 26.4 Å². The Hall–Kier alpha value is -6.62. The number of ether oxygens (including phenoxy) is 4. The summed E-state index contributed by atoms with van der Waals surface area (Å²) in [5, 5.41) is 0. The van der Waals surface area contributed by atoms with Gasteiger partial charge in [0.1, 0.15) is 26.4 Å². The summed E-state index contributed by atoms with van der Waals surface area (Å²) >= 11 is 0. The number of benzene rings is 2. The van der Waals surface area contributed by atoms with Crippen LogP contribution >= 0.6 is 0 Å². The predicted molar refractivity (Wildman–Crippen MR) is 217 cm³/mol. The van der Waals surface area contributed by atoms with Crippen LogP contribution in [0, 0.1) is 0 Å². The SMILES string of the molecule is C=C(C)COCC(=O)OCc1cc(-c2ccncc2)cc(-c2ccncc2)c1.C=C(C)COCC(=O)OCc1cc(-c2ccncc2)cc(-c2ccncc2)c1. The second-order valence-corrected chi connectivity index (χ2v) is 13.0. The minimum atomic E-state index is -0.402. The molecule has 0 atom stereocenters. The van der Waals surface area contributed by atoms with Crippen LogP contribution in [0.3, 0.4) is 0 Å². The lowest BCUT2D eigenvalue weighted by Crippen LogP contribution is -2.13. The zero-order valence-corrected chi connectivity index (χ0v) is 31.6. The third kappa shape index (κ3) is 13.3. The van der Waals surface area contributed by atoms with E-state index in [0.29, 0.717) is 13.2 Å². The molecule has 0 bridgehead atoms. The Bertz CT molecular complexity index is 1920. The van der Waals surface area contributed by atoms with E-state index >= 15 is 0 Å². The average Bonchev–Trinajstić information content (AvgIpc) is 3.23. The lowest BCUT2D eigenvalue weighted by Gasteiger charge is -2.11. The summed E-state index contributed by atoms with van der Waals surface area (Å²) in [5.41, 5.74) is 11.8. The molecule has 2 aromatic carbocycles. The van der Waals surface area contributed by atoms with Crippen LogP contribution in [0.15, 0.2) is 159 Å². The van der Waals surface area contributed by atoms with Crippen LogP contribution in [0.1, 0.15) is 25.0 Å². The van der Waals surface area contributed by atoms with Crippen LogP contribution < -0.4 is 0 Å². The summed E-state index contributed by atoms with van der Waals surface area (Å²) < 4.78 is 21.2. The van der Waals surface area contributed by atoms with E-state index in [2.05, 4.69) is 45.2 Å². The average molecular weight is 749 g/mol. The van der Waals surface area contributed by atoms with Gasteiger partial charge in [-0.15, -0.1) is 0 Å². The van der Waals surface area contributed by atoms with Gasteiger partial charge in [-0.05, 0) is 154 Å². The van der Waals surface area contributed by atoms with Crippen molar-refractivity contribution in [2.24, 2.45) is 0 Å². The smallest absolute Gasteiger partial charge is 0.332 e. The monoisotopic (exact) mass is 748 g/mol. The Morgan fingerprint density at radius 3 is 0.946 bits per heavy atom. The van der Waals surface area contributed by atoms with E-state index in [1.165, 1.54) is 0 Å². The summed E-state index contributed by atoms with van der Waals surface area (Å²) in [6, 6.07) is 27.9. The Morgan fingerprint density at radius 2 is 0.696 bits per heavy atom. The lowest BCUT2D eigenvalue weighted by molar-refractivity contribution is -0.150. The van der Waals surface area contributed by atoms with Crippen molar-refractivity contribution in [2.45, 2.75) is 27.1 Å². The Morgan fingerprint density at radius 1 is 0.429 bits per heavy atom. The number of hydrogen-bond donors (Lipinski definition) is 0. The van der Waals surface area contributed by atoms with Gasteiger partial charge in [0.25, 0.3) is 0 Å². The molecule has 10 heteroatoms. The zero-order chi connectivity index (χ0) is 39.5. The molecule has 6 rings (SSSR count). The highest BCUT2D eigenvalue weighted by Crippen LogP contribution is 2.30. The van der Waals surface area contributed by atoms with Crippen molar-refractivity contribution in [3.8, 4) is 44.5 Å². The van der Waals surface area contributed by atoms with Crippen molar-refractivity contribution < 1.29 is 28.5 Å². The molecule has 0 spiro atoms.